The van der Waals surface area contributed by atoms with Crippen LogP contribution in [-0.4, -0.2) is 34.8 Å². The molecule has 4 nitrogen and oxygen atoms in total. The molecule has 120 valence electrons. The number of anilines is 1. The zero-order valence-electron chi connectivity index (χ0n) is 13.0. The normalized spacial score (nSPS) is 12.5. The Morgan fingerprint density at radius 3 is 2.14 bits per heavy atom. The van der Waals surface area contributed by atoms with Gasteiger partial charge in [0.05, 0.1) is 0 Å². The van der Waals surface area contributed by atoms with E-state index in [4.69, 9.17) is 0 Å². The summed E-state index contributed by atoms with van der Waals surface area (Å²) in [4.78, 5) is 9.27. The first-order valence-corrected chi connectivity index (χ1v) is 6.98. The fourth-order valence-corrected chi connectivity index (χ4v) is 1.71. The molecule has 0 aromatic carbocycles. The van der Waals surface area contributed by atoms with Crippen molar-refractivity contribution in [3.05, 3.63) is 18.0 Å². The van der Waals surface area contributed by atoms with Crippen molar-refractivity contribution in [3.8, 4) is 0 Å². The first-order valence-electron chi connectivity index (χ1n) is 6.98. The lowest BCUT2D eigenvalue weighted by atomic mass is 10.1. The molecule has 7 heteroatoms. The fraction of sp³-hybridized carbons (Fsp3) is 0.714. The number of nitrogens with zero attached hydrogens (tertiary/aromatic N) is 3. The Hall–Kier alpha value is -1.37. The monoisotopic (exact) mass is 304 g/mol. The summed E-state index contributed by atoms with van der Waals surface area (Å²) < 4.78 is 37.6. The van der Waals surface area contributed by atoms with Gasteiger partial charge in [-0.1, -0.05) is 6.92 Å². The number of rotatable bonds is 6. The fourth-order valence-electron chi connectivity index (χ4n) is 1.71. The Morgan fingerprint density at radius 2 is 1.71 bits per heavy atom. The van der Waals surface area contributed by atoms with Crippen LogP contribution in [0.25, 0.3) is 0 Å². The minimum Gasteiger partial charge on any atom is -0.332 e. The molecule has 0 saturated heterocycles. The zero-order chi connectivity index (χ0) is 16.1. The SMILES string of the molecule is CCCN(CC(F)(F)F)c1ncc(CNC(C)(C)C)cn1. The van der Waals surface area contributed by atoms with Gasteiger partial charge in [-0.15, -0.1) is 0 Å². The van der Waals surface area contributed by atoms with Crippen LogP contribution < -0.4 is 10.2 Å². The van der Waals surface area contributed by atoms with Crippen molar-refractivity contribution in [1.82, 2.24) is 15.3 Å². The maximum atomic E-state index is 12.5. The van der Waals surface area contributed by atoms with Crippen molar-refractivity contribution in [2.75, 3.05) is 18.0 Å². The predicted octanol–water partition coefficient (Wildman–Crippen LogP) is 3.14. The van der Waals surface area contributed by atoms with Gasteiger partial charge >= 0.3 is 6.18 Å². The summed E-state index contributed by atoms with van der Waals surface area (Å²) in [6.07, 6.45) is -0.516. The number of alkyl halides is 3. The summed E-state index contributed by atoms with van der Waals surface area (Å²) in [6.45, 7) is 7.76. The number of nitrogens with one attached hydrogen (secondary N) is 1. The van der Waals surface area contributed by atoms with E-state index in [2.05, 4.69) is 15.3 Å². The van der Waals surface area contributed by atoms with Gasteiger partial charge in [-0.25, -0.2) is 9.97 Å². The summed E-state index contributed by atoms with van der Waals surface area (Å²) in [5, 5.41) is 3.28. The zero-order valence-corrected chi connectivity index (χ0v) is 13.0. The highest BCUT2D eigenvalue weighted by Gasteiger charge is 2.31. The van der Waals surface area contributed by atoms with Gasteiger partial charge < -0.3 is 10.2 Å². The van der Waals surface area contributed by atoms with Crippen molar-refractivity contribution < 1.29 is 13.2 Å². The third-order valence-electron chi connectivity index (χ3n) is 2.66. The number of hydrogen-bond acceptors (Lipinski definition) is 4. The molecule has 21 heavy (non-hydrogen) atoms. The van der Waals surface area contributed by atoms with Gasteiger partial charge in [0.1, 0.15) is 6.54 Å². The Labute approximate surface area is 123 Å². The van der Waals surface area contributed by atoms with E-state index in [0.717, 1.165) is 10.5 Å². The van der Waals surface area contributed by atoms with Gasteiger partial charge in [0.2, 0.25) is 5.95 Å². The average molecular weight is 304 g/mol. The van der Waals surface area contributed by atoms with Crippen LogP contribution in [0.2, 0.25) is 0 Å². The first kappa shape index (κ1) is 17.7. The smallest absolute Gasteiger partial charge is 0.332 e. The Morgan fingerprint density at radius 1 is 1.14 bits per heavy atom. The summed E-state index contributed by atoms with van der Waals surface area (Å²) in [7, 11) is 0. The number of halogens is 3. The molecule has 0 fully saturated rings. The van der Waals surface area contributed by atoms with Gasteiger partial charge in [0.25, 0.3) is 0 Å². The van der Waals surface area contributed by atoms with E-state index in [1.807, 2.05) is 27.7 Å². The van der Waals surface area contributed by atoms with Crippen molar-refractivity contribution >= 4 is 5.95 Å². The molecule has 0 aliphatic heterocycles. The second kappa shape index (κ2) is 7.06. The Bertz CT molecular complexity index is 423. The highest BCUT2D eigenvalue weighted by Crippen LogP contribution is 2.19. The molecule has 1 rings (SSSR count). The molecule has 0 spiro atoms. The van der Waals surface area contributed by atoms with Crippen LogP contribution >= 0.6 is 0 Å². The molecule has 1 aromatic rings. The van der Waals surface area contributed by atoms with Gasteiger partial charge in [0.15, 0.2) is 0 Å². The van der Waals surface area contributed by atoms with E-state index < -0.39 is 12.7 Å². The molecule has 1 heterocycles. The average Bonchev–Trinajstić information content (AvgIpc) is 2.34. The molecular formula is C14H23F3N4. The molecule has 0 aliphatic carbocycles. The maximum absolute atomic E-state index is 12.5. The maximum Gasteiger partial charge on any atom is 0.406 e. The van der Waals surface area contributed by atoms with Gasteiger partial charge in [-0.2, -0.15) is 13.2 Å². The van der Waals surface area contributed by atoms with Crippen molar-refractivity contribution in [2.24, 2.45) is 0 Å². The van der Waals surface area contributed by atoms with Crippen LogP contribution in [0.3, 0.4) is 0 Å². The third kappa shape index (κ3) is 7.27. The first-order chi connectivity index (χ1) is 9.61. The van der Waals surface area contributed by atoms with Gasteiger partial charge in [-0.05, 0) is 27.2 Å². The van der Waals surface area contributed by atoms with Crippen LogP contribution in [0.15, 0.2) is 12.4 Å². The lowest BCUT2D eigenvalue weighted by Crippen LogP contribution is -2.36. The topological polar surface area (TPSA) is 41.1 Å². The molecule has 1 N–H and O–H groups in total. The minimum atomic E-state index is -4.26. The van der Waals surface area contributed by atoms with Crippen LogP contribution in [0, 0.1) is 0 Å². The second-order valence-electron chi connectivity index (χ2n) is 6.03. The van der Waals surface area contributed by atoms with Crippen LogP contribution in [0.4, 0.5) is 19.1 Å². The van der Waals surface area contributed by atoms with Crippen molar-refractivity contribution in [1.29, 1.82) is 0 Å². The molecule has 0 aliphatic rings. The quantitative estimate of drug-likeness (QED) is 0.876. The molecule has 0 radical (unpaired) electrons. The van der Waals surface area contributed by atoms with E-state index in [9.17, 15) is 13.2 Å². The largest absolute Gasteiger partial charge is 0.406 e. The van der Waals surface area contributed by atoms with Crippen LogP contribution in [0.1, 0.15) is 39.7 Å². The van der Waals surface area contributed by atoms with Crippen LogP contribution in [-0.2, 0) is 6.54 Å². The summed E-state index contributed by atoms with van der Waals surface area (Å²) >= 11 is 0. The van der Waals surface area contributed by atoms with E-state index in [-0.39, 0.29) is 18.0 Å². The van der Waals surface area contributed by atoms with Gasteiger partial charge in [-0.3, -0.25) is 0 Å². The highest BCUT2D eigenvalue weighted by atomic mass is 19.4. The molecule has 0 saturated carbocycles. The minimum absolute atomic E-state index is 0.0385. The Kier molecular flexibility index (Phi) is 5.95. The predicted molar refractivity (Wildman–Crippen MR) is 77.2 cm³/mol. The van der Waals surface area contributed by atoms with E-state index in [0.29, 0.717) is 13.0 Å². The summed E-state index contributed by atoms with van der Waals surface area (Å²) in [5.41, 5.74) is 0.806. The number of aromatic nitrogens is 2. The molecule has 0 amide bonds. The highest BCUT2D eigenvalue weighted by molar-refractivity contribution is 5.30. The Balaban J connectivity index is 2.73. The van der Waals surface area contributed by atoms with Crippen LogP contribution in [0.5, 0.6) is 0 Å². The van der Waals surface area contributed by atoms with E-state index in [1.165, 1.54) is 0 Å². The van der Waals surface area contributed by atoms with E-state index >= 15 is 0 Å². The third-order valence-corrected chi connectivity index (χ3v) is 2.66. The lowest BCUT2D eigenvalue weighted by Gasteiger charge is -2.23. The van der Waals surface area contributed by atoms with Gasteiger partial charge in [0, 0.05) is 36.6 Å². The van der Waals surface area contributed by atoms with Crippen molar-refractivity contribution in [3.63, 3.8) is 0 Å². The molecule has 0 bridgehead atoms. The lowest BCUT2D eigenvalue weighted by molar-refractivity contribution is -0.119. The van der Waals surface area contributed by atoms with E-state index in [1.54, 1.807) is 12.4 Å². The molecule has 0 atom stereocenters. The summed E-state index contributed by atoms with van der Waals surface area (Å²) in [5.74, 6) is 0.119. The summed E-state index contributed by atoms with van der Waals surface area (Å²) in [6, 6.07) is 0. The molecule has 0 unspecified atom stereocenters. The molecule has 1 aromatic heterocycles. The standard InChI is InChI=1S/C14H23F3N4/c1-5-6-21(10-14(15,16)17)12-18-7-11(8-19-12)9-20-13(2,3)4/h7-8,20H,5-6,9-10H2,1-4H3. The van der Waals surface area contributed by atoms with Crippen molar-refractivity contribution in [2.45, 2.75) is 52.4 Å². The second-order valence-corrected chi connectivity index (χ2v) is 6.03. The molecular weight excluding hydrogens is 281 g/mol. The number of hydrogen-bond donors (Lipinski definition) is 1.